The molecule has 2 heterocycles. The Labute approximate surface area is 413 Å². The number of piperidine rings is 2. The van der Waals surface area contributed by atoms with Crippen LogP contribution in [0.1, 0.15) is 327 Å². The third-order valence-electron chi connectivity index (χ3n) is 16.4. The molecule has 6 nitrogen and oxygen atoms in total. The van der Waals surface area contributed by atoms with Crippen molar-refractivity contribution in [3.05, 3.63) is 0 Å². The van der Waals surface area contributed by atoms with E-state index in [1.54, 1.807) is 0 Å². The van der Waals surface area contributed by atoms with Gasteiger partial charge in [-0.25, -0.2) is 0 Å². The van der Waals surface area contributed by atoms with Crippen LogP contribution in [0.3, 0.4) is 0 Å². The van der Waals surface area contributed by atoms with Gasteiger partial charge < -0.3 is 5.11 Å². The van der Waals surface area contributed by atoms with E-state index in [-0.39, 0.29) is 34.0 Å². The highest BCUT2D eigenvalue weighted by molar-refractivity contribution is 5.76. The second-order valence-corrected chi connectivity index (χ2v) is 24.8. The lowest BCUT2D eigenvalue weighted by Crippen LogP contribution is -2.67. The number of carboxylic acids is 1. The van der Waals surface area contributed by atoms with E-state index in [9.17, 15) is 9.90 Å². The Kier molecular flexibility index (Phi) is 31.5. The van der Waals surface area contributed by atoms with Gasteiger partial charge in [0, 0.05) is 22.2 Å². The van der Waals surface area contributed by atoms with Crippen LogP contribution in [0.15, 0.2) is 0 Å². The molecule has 2 saturated heterocycles. The van der Waals surface area contributed by atoms with Crippen molar-refractivity contribution < 1.29 is 19.6 Å². The largest absolute Gasteiger partial charge is 0.481 e. The molecule has 0 aliphatic carbocycles. The van der Waals surface area contributed by atoms with Crippen LogP contribution >= 0.6 is 0 Å². The van der Waals surface area contributed by atoms with Gasteiger partial charge in [0.1, 0.15) is 0 Å². The van der Waals surface area contributed by atoms with Crippen molar-refractivity contribution in [1.29, 1.82) is 0 Å². The number of hydroxylamine groups is 4. The molecular formula is C60H118N2O4. The summed E-state index contributed by atoms with van der Waals surface area (Å²) in [6, 6.07) is 0. The van der Waals surface area contributed by atoms with Crippen LogP contribution in [0, 0.1) is 17.3 Å². The Morgan fingerprint density at radius 1 is 0.394 bits per heavy atom. The fraction of sp³-hybridized carbons (Fsp3) is 0.983. The molecule has 66 heavy (non-hydrogen) atoms. The van der Waals surface area contributed by atoms with E-state index in [4.69, 9.17) is 9.68 Å². The van der Waals surface area contributed by atoms with Gasteiger partial charge in [-0.15, -0.1) is 0 Å². The zero-order valence-corrected chi connectivity index (χ0v) is 46.7. The van der Waals surface area contributed by atoms with E-state index in [0.717, 1.165) is 71.0 Å². The summed E-state index contributed by atoms with van der Waals surface area (Å²) >= 11 is 0. The monoisotopic (exact) mass is 931 g/mol. The number of carboxylic acid groups (broad SMARTS) is 1. The molecule has 0 atom stereocenters. The minimum absolute atomic E-state index is 0.0647. The quantitative estimate of drug-likeness (QED) is 0.0616. The first-order valence-corrected chi connectivity index (χ1v) is 29.6. The molecule has 2 rings (SSSR count). The van der Waals surface area contributed by atoms with Crippen LogP contribution in [0.5, 0.6) is 0 Å². The van der Waals surface area contributed by atoms with Crippen LogP contribution in [-0.2, 0) is 14.5 Å². The Bertz CT molecular complexity index is 1090. The van der Waals surface area contributed by atoms with Gasteiger partial charge >= 0.3 is 5.97 Å². The summed E-state index contributed by atoms with van der Waals surface area (Å²) < 4.78 is 0. The first-order chi connectivity index (χ1) is 31.5. The third kappa shape index (κ3) is 22.6. The van der Waals surface area contributed by atoms with Crippen molar-refractivity contribution >= 4 is 5.97 Å². The van der Waals surface area contributed by atoms with Gasteiger partial charge in [0.05, 0.1) is 18.6 Å². The van der Waals surface area contributed by atoms with Crippen LogP contribution in [0.25, 0.3) is 0 Å². The Morgan fingerprint density at radius 3 is 0.833 bits per heavy atom. The van der Waals surface area contributed by atoms with Gasteiger partial charge in [-0.05, 0) is 112 Å². The highest BCUT2D eigenvalue weighted by atomic mass is 16.7. The summed E-state index contributed by atoms with van der Waals surface area (Å²) in [5.74, 6) is -0.422. The fourth-order valence-corrected chi connectivity index (χ4v) is 13.3. The minimum Gasteiger partial charge on any atom is -0.481 e. The number of nitrogens with zero attached hydrogens (tertiary/aromatic N) is 2. The zero-order valence-electron chi connectivity index (χ0n) is 46.7. The molecule has 0 aromatic carbocycles. The smallest absolute Gasteiger partial charge is 0.310 e. The van der Waals surface area contributed by atoms with E-state index in [1.807, 2.05) is 0 Å². The summed E-state index contributed by atoms with van der Waals surface area (Å²) in [5, 5.41) is 16.5. The van der Waals surface area contributed by atoms with Crippen molar-refractivity contribution in [2.45, 2.75) is 349 Å². The molecule has 0 aromatic heterocycles. The maximum atomic E-state index is 14.5. The second kappa shape index (κ2) is 33.8. The van der Waals surface area contributed by atoms with E-state index in [1.165, 1.54) is 193 Å². The number of carbonyl (C=O) groups is 1. The van der Waals surface area contributed by atoms with Gasteiger partial charge in [0.25, 0.3) is 0 Å². The van der Waals surface area contributed by atoms with E-state index >= 15 is 0 Å². The number of unbranched alkanes of at least 4 members (excludes halogenated alkanes) is 31. The fourth-order valence-electron chi connectivity index (χ4n) is 13.3. The molecular weight excluding hydrogens is 813 g/mol. The van der Waals surface area contributed by atoms with E-state index in [0.29, 0.717) is 0 Å². The van der Waals surface area contributed by atoms with Crippen LogP contribution in [0.4, 0.5) is 0 Å². The molecule has 0 spiro atoms. The third-order valence-corrected chi connectivity index (χ3v) is 16.4. The van der Waals surface area contributed by atoms with Gasteiger partial charge in [-0.2, -0.15) is 10.1 Å². The standard InChI is InChI=1S/C60H118N2O4/c1-12-15-18-21-24-27-30-31-32-33-34-37-40-43-46-60(55(63)64,53-49-56(4,5)61(57(6,7)50-53)65-47-44-41-38-35-28-25-22-19-16-13-2)54-51-58(8,9)62(59(10,11)52-54)66-48-45-42-39-36-29-26-23-20-17-14-3/h53-54H,12-52H2,1-11H3,(H,63,64). The van der Waals surface area contributed by atoms with Crippen LogP contribution in [-0.4, -0.2) is 56.6 Å². The SMILES string of the molecule is CCCCCCCCCCCCCCCCC(C(=O)O)(C1CC(C)(C)N(OCCCCCCCCCCCC)C(C)(C)C1)C1CC(C)(C)N(OCCCCCCCCCCCC)C(C)(C)C1. The molecule has 6 heteroatoms. The lowest BCUT2D eigenvalue weighted by atomic mass is 9.52. The molecule has 0 amide bonds. The van der Waals surface area contributed by atoms with Gasteiger partial charge in [0.15, 0.2) is 0 Å². The molecule has 0 bridgehead atoms. The number of aliphatic carboxylic acids is 1. The molecule has 2 aliphatic heterocycles. The van der Waals surface area contributed by atoms with Crippen LogP contribution in [0.2, 0.25) is 0 Å². The van der Waals surface area contributed by atoms with Crippen molar-refractivity contribution in [1.82, 2.24) is 10.1 Å². The van der Waals surface area contributed by atoms with Crippen molar-refractivity contribution in [3.8, 4) is 0 Å². The van der Waals surface area contributed by atoms with Crippen molar-refractivity contribution in [3.63, 3.8) is 0 Å². The molecule has 0 saturated carbocycles. The van der Waals surface area contributed by atoms with Gasteiger partial charge in [-0.3, -0.25) is 14.5 Å². The van der Waals surface area contributed by atoms with Gasteiger partial charge in [0.2, 0.25) is 0 Å². The summed E-state index contributed by atoms with van der Waals surface area (Å²) in [4.78, 5) is 28.0. The molecule has 0 aromatic rings. The minimum atomic E-state index is -0.800. The summed E-state index contributed by atoms with van der Waals surface area (Å²) in [6.07, 6.45) is 48.9. The summed E-state index contributed by atoms with van der Waals surface area (Å²) in [5.41, 5.74) is -1.89. The normalized spacial score (nSPS) is 19.2. The zero-order chi connectivity index (χ0) is 48.8. The first-order valence-electron chi connectivity index (χ1n) is 29.6. The van der Waals surface area contributed by atoms with Gasteiger partial charge in [-0.1, -0.05) is 226 Å². The van der Waals surface area contributed by atoms with E-state index < -0.39 is 11.4 Å². The number of hydrogen-bond donors (Lipinski definition) is 1. The maximum absolute atomic E-state index is 14.5. The lowest BCUT2D eigenvalue weighted by molar-refractivity contribution is -0.307. The maximum Gasteiger partial charge on any atom is 0.310 e. The topological polar surface area (TPSA) is 62.2 Å². The molecule has 1 N–H and O–H groups in total. The number of hydrogen-bond acceptors (Lipinski definition) is 5. The van der Waals surface area contributed by atoms with Crippen molar-refractivity contribution in [2.75, 3.05) is 13.2 Å². The second-order valence-electron chi connectivity index (χ2n) is 24.8. The average molecular weight is 932 g/mol. The van der Waals surface area contributed by atoms with E-state index in [2.05, 4.69) is 86.3 Å². The molecule has 2 aliphatic rings. The Balaban J connectivity index is 2.13. The molecule has 0 radical (unpaired) electrons. The highest BCUT2D eigenvalue weighted by Crippen LogP contribution is 2.58. The first kappa shape index (κ1) is 61.4. The summed E-state index contributed by atoms with van der Waals surface area (Å²) in [7, 11) is 0. The Hall–Kier alpha value is -0.690. The number of rotatable bonds is 42. The average Bonchev–Trinajstić information content (AvgIpc) is 3.24. The predicted octanol–water partition coefficient (Wildman–Crippen LogP) is 19.2. The molecule has 392 valence electrons. The highest BCUT2D eigenvalue weighted by Gasteiger charge is 2.61. The van der Waals surface area contributed by atoms with Crippen LogP contribution < -0.4 is 0 Å². The predicted molar refractivity (Wildman–Crippen MR) is 286 cm³/mol. The molecule has 0 unspecified atom stereocenters. The molecule has 2 fully saturated rings. The summed E-state index contributed by atoms with van der Waals surface area (Å²) in [6.45, 7) is 27.0. The van der Waals surface area contributed by atoms with Crippen molar-refractivity contribution in [2.24, 2.45) is 17.3 Å². The Morgan fingerprint density at radius 2 is 0.606 bits per heavy atom. The lowest BCUT2D eigenvalue weighted by Gasteiger charge is -2.61.